The van der Waals surface area contributed by atoms with E-state index in [9.17, 15) is 4.79 Å². The van der Waals surface area contributed by atoms with Gasteiger partial charge in [0.15, 0.2) is 0 Å². The molecule has 0 N–H and O–H groups in total. The first-order valence-corrected chi connectivity index (χ1v) is 12.2. The second-order valence-corrected chi connectivity index (χ2v) is 9.59. The zero-order valence-corrected chi connectivity index (χ0v) is 19.3. The lowest BCUT2D eigenvalue weighted by Crippen LogP contribution is -2.43. The number of aromatic nitrogens is 1. The maximum atomic E-state index is 13.9. The molecule has 2 heterocycles. The fourth-order valence-corrected chi connectivity index (χ4v) is 5.99. The largest absolute Gasteiger partial charge is 0.341 e. The molecule has 1 aliphatic carbocycles. The summed E-state index contributed by atoms with van der Waals surface area (Å²) in [5, 5.41) is 1.40. The highest BCUT2D eigenvalue weighted by Gasteiger charge is 2.37. The van der Waals surface area contributed by atoms with Crippen molar-refractivity contribution in [2.45, 2.75) is 51.6 Å². The van der Waals surface area contributed by atoms with Crippen molar-refractivity contribution >= 4 is 16.8 Å². The lowest BCUT2D eigenvalue weighted by molar-refractivity contribution is 0.0600. The van der Waals surface area contributed by atoms with Crippen molar-refractivity contribution in [3.63, 3.8) is 0 Å². The van der Waals surface area contributed by atoms with Gasteiger partial charge in [-0.2, -0.15) is 0 Å². The van der Waals surface area contributed by atoms with Gasteiger partial charge in [0.1, 0.15) is 0 Å². The van der Waals surface area contributed by atoms with E-state index in [4.69, 9.17) is 0 Å². The van der Waals surface area contributed by atoms with Crippen LogP contribution in [0.5, 0.6) is 0 Å². The number of aryl methyl sites for hydroxylation is 4. The maximum absolute atomic E-state index is 13.9. The first-order valence-electron chi connectivity index (χ1n) is 12.2. The predicted molar refractivity (Wildman–Crippen MR) is 134 cm³/mol. The third-order valence-corrected chi connectivity index (χ3v) is 7.56. The van der Waals surface area contributed by atoms with E-state index in [2.05, 4.69) is 77.1 Å². The molecule has 1 unspecified atom stereocenters. The molecule has 0 radical (unpaired) electrons. The number of benzene rings is 3. The van der Waals surface area contributed by atoms with Gasteiger partial charge in [-0.25, -0.2) is 0 Å². The summed E-state index contributed by atoms with van der Waals surface area (Å²) < 4.78 is 2.50. The number of carbonyl (C=O) groups is 1. The van der Waals surface area contributed by atoms with Crippen LogP contribution in [0.4, 0.5) is 0 Å². The molecule has 1 aliphatic heterocycles. The lowest BCUT2D eigenvalue weighted by atomic mass is 9.88. The van der Waals surface area contributed by atoms with E-state index in [1.165, 1.54) is 33.3 Å². The fraction of sp³-hybridized carbons (Fsp3) is 0.300. The van der Waals surface area contributed by atoms with Gasteiger partial charge >= 0.3 is 0 Å². The van der Waals surface area contributed by atoms with Gasteiger partial charge in [0.2, 0.25) is 0 Å². The fourth-order valence-electron chi connectivity index (χ4n) is 5.99. The standard InChI is InChI=1S/C30H30N2O/c1-21-14-17-27-26(20-21)25-12-7-13-28-29(25)31(27)18-19-32(28)30(33)24-11-6-5-10-23(24)16-15-22-8-3-2-4-9-22/h2-6,8-11,14,17,20,28H,7,12-13,15-16,18-19H2,1H3. The number of carbonyl (C=O) groups excluding carboxylic acids is 1. The molecule has 0 fully saturated rings. The highest BCUT2D eigenvalue weighted by Crippen LogP contribution is 2.43. The van der Waals surface area contributed by atoms with Crippen molar-refractivity contribution in [2.24, 2.45) is 0 Å². The molecule has 3 heteroatoms. The Morgan fingerprint density at radius 2 is 1.76 bits per heavy atom. The van der Waals surface area contributed by atoms with E-state index in [0.717, 1.165) is 56.3 Å². The zero-order valence-electron chi connectivity index (χ0n) is 19.3. The number of fused-ring (bicyclic) bond motifs is 3. The van der Waals surface area contributed by atoms with Crippen LogP contribution in [0.2, 0.25) is 0 Å². The van der Waals surface area contributed by atoms with Crippen molar-refractivity contribution in [1.82, 2.24) is 9.47 Å². The minimum atomic E-state index is 0.185. The average molecular weight is 435 g/mol. The molecule has 0 saturated heterocycles. The highest BCUT2D eigenvalue weighted by molar-refractivity contribution is 5.96. The Morgan fingerprint density at radius 3 is 2.64 bits per heavy atom. The van der Waals surface area contributed by atoms with Gasteiger partial charge in [-0.1, -0.05) is 60.2 Å². The minimum Gasteiger partial charge on any atom is -0.341 e. The molecule has 2 aliphatic rings. The van der Waals surface area contributed by atoms with Crippen LogP contribution in [0.3, 0.4) is 0 Å². The van der Waals surface area contributed by atoms with Crippen LogP contribution in [-0.4, -0.2) is 21.9 Å². The summed E-state index contributed by atoms with van der Waals surface area (Å²) in [5.74, 6) is 0.198. The normalized spacial score (nSPS) is 17.2. The molecule has 1 atom stereocenters. The first kappa shape index (κ1) is 20.3. The second-order valence-electron chi connectivity index (χ2n) is 9.59. The van der Waals surface area contributed by atoms with E-state index >= 15 is 0 Å². The van der Waals surface area contributed by atoms with Crippen molar-refractivity contribution < 1.29 is 4.79 Å². The smallest absolute Gasteiger partial charge is 0.254 e. The van der Waals surface area contributed by atoms with Gasteiger partial charge < -0.3 is 9.47 Å². The molecule has 166 valence electrons. The van der Waals surface area contributed by atoms with Gasteiger partial charge in [0.25, 0.3) is 5.91 Å². The van der Waals surface area contributed by atoms with E-state index in [-0.39, 0.29) is 11.9 Å². The van der Waals surface area contributed by atoms with Crippen LogP contribution in [0.25, 0.3) is 10.9 Å². The van der Waals surface area contributed by atoms with Crippen LogP contribution in [0, 0.1) is 6.92 Å². The van der Waals surface area contributed by atoms with E-state index in [0.29, 0.717) is 0 Å². The Balaban J connectivity index is 1.33. The molecule has 1 aromatic heterocycles. The quantitative estimate of drug-likeness (QED) is 0.372. The topological polar surface area (TPSA) is 25.2 Å². The number of hydrogen-bond donors (Lipinski definition) is 0. The molecule has 0 saturated carbocycles. The number of hydrogen-bond acceptors (Lipinski definition) is 1. The molecule has 4 aromatic rings. The van der Waals surface area contributed by atoms with Gasteiger partial charge in [0, 0.05) is 35.2 Å². The molecule has 6 rings (SSSR count). The molecule has 1 amide bonds. The monoisotopic (exact) mass is 434 g/mol. The maximum Gasteiger partial charge on any atom is 0.254 e. The average Bonchev–Trinajstić information content (AvgIpc) is 3.18. The summed E-state index contributed by atoms with van der Waals surface area (Å²) in [6.07, 6.45) is 5.15. The Labute approximate surface area is 195 Å². The number of rotatable bonds is 4. The number of amides is 1. The Bertz CT molecular complexity index is 1330. The second kappa shape index (κ2) is 8.22. The van der Waals surface area contributed by atoms with Crippen LogP contribution in [0.1, 0.15) is 57.2 Å². The molecular weight excluding hydrogens is 404 g/mol. The van der Waals surface area contributed by atoms with Crippen LogP contribution >= 0.6 is 0 Å². The lowest BCUT2D eigenvalue weighted by Gasteiger charge is -2.40. The van der Waals surface area contributed by atoms with E-state index < -0.39 is 0 Å². The van der Waals surface area contributed by atoms with Gasteiger partial charge in [-0.05, 0) is 73.9 Å². The summed E-state index contributed by atoms with van der Waals surface area (Å²) in [4.78, 5) is 16.1. The molecule has 0 spiro atoms. The Kier molecular flexibility index (Phi) is 5.05. The zero-order chi connectivity index (χ0) is 22.4. The van der Waals surface area contributed by atoms with E-state index in [1.54, 1.807) is 0 Å². The van der Waals surface area contributed by atoms with E-state index in [1.807, 2.05) is 12.1 Å². The predicted octanol–water partition coefficient (Wildman–Crippen LogP) is 6.27. The molecule has 33 heavy (non-hydrogen) atoms. The van der Waals surface area contributed by atoms with Crippen molar-refractivity contribution in [2.75, 3.05) is 6.54 Å². The number of nitrogens with zero attached hydrogens (tertiary/aromatic N) is 2. The summed E-state index contributed by atoms with van der Waals surface area (Å²) >= 11 is 0. The van der Waals surface area contributed by atoms with Crippen LogP contribution < -0.4 is 0 Å². The van der Waals surface area contributed by atoms with Gasteiger partial charge in [-0.15, -0.1) is 0 Å². The summed E-state index contributed by atoms with van der Waals surface area (Å²) in [7, 11) is 0. The summed E-state index contributed by atoms with van der Waals surface area (Å²) in [6.45, 7) is 3.83. The van der Waals surface area contributed by atoms with Crippen molar-refractivity contribution in [1.29, 1.82) is 0 Å². The van der Waals surface area contributed by atoms with Crippen LogP contribution in [-0.2, 0) is 25.8 Å². The minimum absolute atomic E-state index is 0.185. The Morgan fingerprint density at radius 1 is 0.939 bits per heavy atom. The highest BCUT2D eigenvalue weighted by atomic mass is 16.2. The molecule has 3 nitrogen and oxygen atoms in total. The summed E-state index contributed by atoms with van der Waals surface area (Å²) in [6, 6.07) is 25.8. The molecule has 0 bridgehead atoms. The molecular formula is C30H30N2O. The van der Waals surface area contributed by atoms with Crippen molar-refractivity contribution in [3.8, 4) is 0 Å². The molecule has 3 aromatic carbocycles. The van der Waals surface area contributed by atoms with Gasteiger partial charge in [-0.3, -0.25) is 4.79 Å². The van der Waals surface area contributed by atoms with Crippen molar-refractivity contribution in [3.05, 3.63) is 106 Å². The SMILES string of the molecule is Cc1ccc2c(c1)c1c3n2CCN(C(=O)c2ccccc2CCc2ccccc2)C3CCC1. The summed E-state index contributed by atoms with van der Waals surface area (Å²) in [5.41, 5.74) is 8.86. The van der Waals surface area contributed by atoms with Crippen LogP contribution in [0.15, 0.2) is 72.8 Å². The first-order chi connectivity index (χ1) is 16.2. The third kappa shape index (κ3) is 3.47. The third-order valence-electron chi connectivity index (χ3n) is 7.56. The van der Waals surface area contributed by atoms with Gasteiger partial charge in [0.05, 0.1) is 6.04 Å². The Hall–Kier alpha value is -3.33.